The van der Waals surface area contributed by atoms with Gasteiger partial charge in [0.1, 0.15) is 11.4 Å². The molecule has 7 rings (SSSR count). The van der Waals surface area contributed by atoms with Crippen molar-refractivity contribution in [1.29, 1.82) is 0 Å². The highest BCUT2D eigenvalue weighted by Gasteiger charge is 2.49. The van der Waals surface area contributed by atoms with E-state index in [1.807, 2.05) is 0 Å². The van der Waals surface area contributed by atoms with Gasteiger partial charge in [0.25, 0.3) is 0 Å². The van der Waals surface area contributed by atoms with Crippen LogP contribution in [0.25, 0.3) is 10.8 Å². The number of benzene rings is 5. The van der Waals surface area contributed by atoms with Crippen LogP contribution in [0.1, 0.15) is 28.3 Å². The smallest absolute Gasteiger partial charge is 0.532 e. The molecule has 2 heterocycles. The van der Waals surface area contributed by atoms with Crippen LogP contribution in [0.4, 0.5) is 0 Å². The first kappa shape index (κ1) is 24.9. The Morgan fingerprint density at radius 1 is 0.700 bits per heavy atom. The van der Waals surface area contributed by atoms with Crippen molar-refractivity contribution in [3.05, 3.63) is 166 Å². The van der Waals surface area contributed by atoms with Crippen molar-refractivity contribution >= 4 is 34.7 Å². The molecule has 0 radical (unpaired) electrons. The normalized spacial score (nSPS) is 16.8. The molecule has 1 N–H and O–H groups in total. The van der Waals surface area contributed by atoms with Gasteiger partial charge >= 0.3 is 7.12 Å². The van der Waals surface area contributed by atoms with Crippen LogP contribution in [0.3, 0.4) is 0 Å². The third kappa shape index (κ3) is 4.42. The summed E-state index contributed by atoms with van der Waals surface area (Å²) in [6.45, 7) is 0.609. The lowest BCUT2D eigenvalue weighted by atomic mass is 9.72. The Morgan fingerprint density at radius 2 is 1.35 bits per heavy atom. The van der Waals surface area contributed by atoms with Crippen molar-refractivity contribution in [2.45, 2.75) is 18.2 Å². The lowest BCUT2D eigenvalue weighted by Crippen LogP contribution is -2.52. The van der Waals surface area contributed by atoms with Crippen LogP contribution >= 0.6 is 11.3 Å². The fraction of sp³-hybridized carbons (Fsp3) is 0.0857. The largest absolute Gasteiger partial charge is 0.564 e. The van der Waals surface area contributed by atoms with E-state index in [0.717, 1.165) is 33.5 Å². The van der Waals surface area contributed by atoms with Crippen molar-refractivity contribution in [3.8, 4) is 5.75 Å². The summed E-state index contributed by atoms with van der Waals surface area (Å²) in [7, 11) is -0.641. The molecule has 0 unspecified atom stereocenters. The van der Waals surface area contributed by atoms with Crippen molar-refractivity contribution in [2.24, 2.45) is 0 Å². The van der Waals surface area contributed by atoms with Gasteiger partial charge in [0.15, 0.2) is 0 Å². The minimum absolute atomic E-state index is 0.229. The Morgan fingerprint density at radius 3 is 2.02 bits per heavy atom. The highest BCUT2D eigenvalue weighted by molar-refractivity contribution is 7.09. The van der Waals surface area contributed by atoms with E-state index in [1.54, 1.807) is 11.3 Å². The van der Waals surface area contributed by atoms with E-state index in [0.29, 0.717) is 6.54 Å². The van der Waals surface area contributed by atoms with E-state index in [4.69, 9.17) is 9.31 Å². The highest BCUT2D eigenvalue weighted by Crippen LogP contribution is 2.46. The van der Waals surface area contributed by atoms with Gasteiger partial charge in [-0.05, 0) is 44.3 Å². The molecular weight excluding hydrogens is 509 g/mol. The summed E-state index contributed by atoms with van der Waals surface area (Å²) in [4.78, 5) is 0. The Hall–Kier alpha value is -4.16. The van der Waals surface area contributed by atoms with Crippen LogP contribution in [-0.2, 0) is 16.8 Å². The first-order valence-electron chi connectivity index (χ1n) is 13.6. The average Bonchev–Trinajstić information content (AvgIpc) is 3.58. The number of thiophene rings is 1. The quantitative estimate of drug-likeness (QED) is 0.237. The van der Waals surface area contributed by atoms with Gasteiger partial charge in [0.2, 0.25) is 0 Å². The molecule has 0 aliphatic carbocycles. The van der Waals surface area contributed by atoms with Gasteiger partial charge in [-0.2, -0.15) is 11.3 Å². The monoisotopic (exact) mass is 537 g/mol. The number of nitrogens with one attached hydrogen (secondary N) is 1. The molecule has 1 aromatic heterocycles. The third-order valence-electron chi connectivity index (χ3n) is 7.77. The molecule has 1 atom stereocenters. The second kappa shape index (κ2) is 10.8. The zero-order valence-corrected chi connectivity index (χ0v) is 22.8. The van der Waals surface area contributed by atoms with Crippen LogP contribution < -0.4 is 15.4 Å². The lowest BCUT2D eigenvalue weighted by Gasteiger charge is -2.43. The van der Waals surface area contributed by atoms with Crippen LogP contribution in [0.15, 0.2) is 144 Å². The number of rotatable bonds is 4. The van der Waals surface area contributed by atoms with Gasteiger partial charge in [-0.25, -0.2) is 0 Å². The Kier molecular flexibility index (Phi) is 6.70. The lowest BCUT2D eigenvalue weighted by molar-refractivity contribution is 0.0497. The van der Waals surface area contributed by atoms with Crippen LogP contribution in [0.5, 0.6) is 5.75 Å². The molecule has 0 spiro atoms. The first-order chi connectivity index (χ1) is 19.8. The molecule has 0 fully saturated rings. The van der Waals surface area contributed by atoms with E-state index in [-0.39, 0.29) is 6.04 Å². The van der Waals surface area contributed by atoms with Gasteiger partial charge in [0.05, 0.1) is 6.04 Å². The van der Waals surface area contributed by atoms with Crippen molar-refractivity contribution in [1.82, 2.24) is 5.32 Å². The van der Waals surface area contributed by atoms with Crippen LogP contribution in [0, 0.1) is 0 Å². The van der Waals surface area contributed by atoms with E-state index >= 15 is 0 Å². The fourth-order valence-electron chi connectivity index (χ4n) is 5.88. The first-order valence-corrected chi connectivity index (χ1v) is 14.5. The van der Waals surface area contributed by atoms with E-state index in [1.165, 1.54) is 10.8 Å². The maximum Gasteiger partial charge on any atom is 0.564 e. The zero-order valence-electron chi connectivity index (χ0n) is 21.9. The van der Waals surface area contributed by atoms with Crippen LogP contribution in [0.2, 0.25) is 0 Å². The molecule has 5 aromatic carbocycles. The summed E-state index contributed by atoms with van der Waals surface area (Å²) >= 11 is 1.65. The van der Waals surface area contributed by atoms with E-state index in [9.17, 15) is 0 Å². The Bertz CT molecular complexity index is 1670. The molecule has 194 valence electrons. The van der Waals surface area contributed by atoms with Gasteiger partial charge < -0.3 is 14.6 Å². The second-order valence-corrected chi connectivity index (χ2v) is 10.9. The number of fused-ring (bicyclic) bond motifs is 3. The molecule has 0 amide bonds. The summed E-state index contributed by atoms with van der Waals surface area (Å²) < 4.78 is 14.3. The molecular formula is C35H28BNO2S. The fourth-order valence-corrected chi connectivity index (χ4v) is 6.54. The summed E-state index contributed by atoms with van der Waals surface area (Å²) in [5.41, 5.74) is 4.47. The van der Waals surface area contributed by atoms with Gasteiger partial charge in [-0.15, -0.1) is 0 Å². The molecule has 0 bridgehead atoms. The molecule has 6 aromatic rings. The SMILES string of the molecule is c1ccc([C@H]2NCc3c(ccc4ccccc34)OB(c3ccsc3)OC2(c2ccccc2)c2ccccc2)cc1. The maximum atomic E-state index is 7.43. The number of hydrogen-bond donors (Lipinski definition) is 1. The van der Waals surface area contributed by atoms with Crippen molar-refractivity contribution in [3.63, 3.8) is 0 Å². The van der Waals surface area contributed by atoms with E-state index in [2.05, 4.69) is 150 Å². The molecule has 0 saturated carbocycles. The summed E-state index contributed by atoms with van der Waals surface area (Å²) in [5.74, 6) is 0.825. The minimum atomic E-state index is -0.908. The summed E-state index contributed by atoms with van der Waals surface area (Å²) in [6.07, 6.45) is 0. The predicted octanol–water partition coefficient (Wildman–Crippen LogP) is 7.48. The van der Waals surface area contributed by atoms with Gasteiger partial charge in [-0.1, -0.05) is 127 Å². The molecule has 5 heteroatoms. The third-order valence-corrected chi connectivity index (χ3v) is 8.47. The zero-order chi connectivity index (χ0) is 26.8. The van der Waals surface area contributed by atoms with Crippen molar-refractivity contribution in [2.75, 3.05) is 0 Å². The molecule has 1 aliphatic rings. The van der Waals surface area contributed by atoms with E-state index < -0.39 is 12.7 Å². The van der Waals surface area contributed by atoms with Crippen LogP contribution in [-0.4, -0.2) is 7.12 Å². The Labute approximate surface area is 239 Å². The standard InChI is InChI=1S/C35H28BNO2S/c1-4-13-27(14-5-1)34-35(28-15-6-2-7-16-28,29-17-8-3-9-18-29)39-36(30-22-23-40-25-30)38-33-21-20-26-12-10-11-19-31(26)32(33)24-37-34/h1-23,25,34,37H,24H2/t34-/m1/s1. The van der Waals surface area contributed by atoms with Crippen molar-refractivity contribution < 1.29 is 9.31 Å². The average molecular weight is 537 g/mol. The van der Waals surface area contributed by atoms with Gasteiger partial charge in [-0.3, -0.25) is 0 Å². The maximum absolute atomic E-state index is 7.43. The molecule has 0 saturated heterocycles. The molecule has 1 aliphatic heterocycles. The summed E-state index contributed by atoms with van der Waals surface area (Å²) in [5, 5.41) is 10.5. The number of hydrogen-bond acceptors (Lipinski definition) is 4. The topological polar surface area (TPSA) is 30.5 Å². The summed E-state index contributed by atoms with van der Waals surface area (Å²) in [6, 6.07) is 46.3. The second-order valence-electron chi connectivity index (χ2n) is 10.1. The predicted molar refractivity (Wildman–Crippen MR) is 165 cm³/mol. The molecule has 40 heavy (non-hydrogen) atoms. The highest BCUT2D eigenvalue weighted by atomic mass is 32.1. The van der Waals surface area contributed by atoms with Gasteiger partial charge in [0, 0.05) is 17.6 Å². The molecule has 3 nitrogen and oxygen atoms in total. The minimum Gasteiger partial charge on any atom is -0.532 e. The Balaban J connectivity index is 1.53.